The molecular weight excluding hydrogens is 372 g/mol. The van der Waals surface area contributed by atoms with Crippen molar-refractivity contribution in [3.8, 4) is 0 Å². The van der Waals surface area contributed by atoms with Crippen LogP contribution in [0.25, 0.3) is 10.8 Å². The summed E-state index contributed by atoms with van der Waals surface area (Å²) >= 11 is 0. The Bertz CT molecular complexity index is 969. The normalized spacial score (nSPS) is 22.7. The highest BCUT2D eigenvalue weighted by Gasteiger charge is 2.35. The first kappa shape index (κ1) is 20.0. The van der Waals surface area contributed by atoms with E-state index in [1.807, 2.05) is 11.8 Å². The number of hydrogen-bond acceptors (Lipinski definition) is 6. The Morgan fingerprint density at radius 3 is 2.97 bits per heavy atom. The molecule has 1 amide bonds. The molecule has 4 heterocycles. The summed E-state index contributed by atoms with van der Waals surface area (Å²) in [5.74, 6) is -0.0168. The fraction of sp³-hybridized carbons (Fsp3) is 0.571. The number of hydrogen-bond donors (Lipinski definition) is 2. The summed E-state index contributed by atoms with van der Waals surface area (Å²) in [5.41, 5.74) is 6.48. The van der Waals surface area contributed by atoms with Gasteiger partial charge >= 0.3 is 0 Å². The van der Waals surface area contributed by atoms with Crippen LogP contribution in [0, 0.1) is 0 Å². The van der Waals surface area contributed by atoms with E-state index in [0.29, 0.717) is 35.9 Å². The third-order valence-corrected chi connectivity index (χ3v) is 5.96. The molecule has 8 nitrogen and oxygen atoms in total. The number of aromatic nitrogens is 2. The predicted molar refractivity (Wildman–Crippen MR) is 109 cm³/mol. The van der Waals surface area contributed by atoms with Gasteiger partial charge in [-0.2, -0.15) is 5.10 Å². The van der Waals surface area contributed by atoms with Crippen molar-refractivity contribution in [2.24, 2.45) is 5.73 Å². The Morgan fingerprint density at radius 2 is 2.21 bits per heavy atom. The van der Waals surface area contributed by atoms with E-state index in [-0.39, 0.29) is 36.7 Å². The lowest BCUT2D eigenvalue weighted by atomic mass is 10.0. The van der Waals surface area contributed by atoms with Crippen LogP contribution in [-0.4, -0.2) is 63.6 Å². The van der Waals surface area contributed by atoms with Gasteiger partial charge in [0, 0.05) is 24.0 Å². The third kappa shape index (κ3) is 3.80. The number of morpholine rings is 1. The first-order valence-electron chi connectivity index (χ1n) is 10.4. The van der Waals surface area contributed by atoms with E-state index in [4.69, 9.17) is 10.5 Å². The Morgan fingerprint density at radius 1 is 1.38 bits per heavy atom. The molecule has 3 saturated heterocycles. The summed E-state index contributed by atoms with van der Waals surface area (Å²) < 4.78 is 7.09. The van der Waals surface area contributed by atoms with E-state index < -0.39 is 6.10 Å². The minimum absolute atomic E-state index is 0.0168. The molecule has 3 aliphatic rings. The number of nitrogens with two attached hydrogens (primary N) is 1. The number of aliphatic hydroxyl groups is 1. The monoisotopic (exact) mass is 400 g/mol. The number of amides is 1. The van der Waals surface area contributed by atoms with Crippen molar-refractivity contribution in [3.63, 3.8) is 0 Å². The number of carbonyl (C=O) groups is 1. The highest BCUT2D eigenvalue weighted by molar-refractivity contribution is 5.99. The molecule has 3 N–H and O–H groups in total. The average Bonchev–Trinajstić information content (AvgIpc) is 3.10. The van der Waals surface area contributed by atoms with Crippen LogP contribution in [0.1, 0.15) is 42.2 Å². The Kier molecular flexibility index (Phi) is 5.67. The highest BCUT2D eigenvalue weighted by Crippen LogP contribution is 2.27. The van der Waals surface area contributed by atoms with Crippen molar-refractivity contribution in [1.29, 1.82) is 0 Å². The van der Waals surface area contributed by atoms with Gasteiger partial charge in [-0.3, -0.25) is 9.59 Å². The summed E-state index contributed by atoms with van der Waals surface area (Å²) in [6.07, 6.45) is 2.93. The maximum atomic E-state index is 13.2. The molecule has 0 radical (unpaired) electrons. The second-order valence-corrected chi connectivity index (χ2v) is 7.93. The van der Waals surface area contributed by atoms with Gasteiger partial charge in [0.15, 0.2) is 0 Å². The molecule has 2 aromatic rings. The zero-order chi connectivity index (χ0) is 20.5. The van der Waals surface area contributed by atoms with Gasteiger partial charge in [-0.05, 0) is 43.9 Å². The minimum atomic E-state index is -0.830. The van der Waals surface area contributed by atoms with E-state index >= 15 is 0 Å². The quantitative estimate of drug-likeness (QED) is 0.763. The van der Waals surface area contributed by atoms with E-state index in [9.17, 15) is 14.7 Å². The van der Waals surface area contributed by atoms with E-state index in [1.54, 1.807) is 18.2 Å². The number of nitrogens with zero attached hydrogens (tertiary/aromatic N) is 3. The molecule has 2 bridgehead atoms. The standard InChI is InChI=1S/C21H28N4O4/c1-2-19-18-8-13(20(27)24-11-16-5-3-4-14(24)12-29-16)6-7-17(18)21(28)25(23-19)10-15(26)9-22/h6-8,14-16,26H,2-5,9-12,22H2,1H3/t14?,15-,16?/m0/s1. The lowest BCUT2D eigenvalue weighted by molar-refractivity contribution is -0.0393. The first-order valence-corrected chi connectivity index (χ1v) is 10.4. The van der Waals surface area contributed by atoms with Crippen molar-refractivity contribution in [2.75, 3.05) is 19.7 Å². The summed E-state index contributed by atoms with van der Waals surface area (Å²) in [6.45, 7) is 3.28. The zero-order valence-electron chi connectivity index (χ0n) is 16.7. The molecule has 156 valence electrons. The van der Waals surface area contributed by atoms with E-state index in [2.05, 4.69) is 5.10 Å². The van der Waals surface area contributed by atoms with Gasteiger partial charge in [-0.1, -0.05) is 6.92 Å². The van der Waals surface area contributed by atoms with Crippen LogP contribution in [0.5, 0.6) is 0 Å². The number of carbonyl (C=O) groups excluding carboxylic acids is 1. The first-order chi connectivity index (χ1) is 14.0. The lowest BCUT2D eigenvalue weighted by Gasteiger charge is -2.36. The van der Waals surface area contributed by atoms with Crippen molar-refractivity contribution in [2.45, 2.75) is 57.4 Å². The van der Waals surface area contributed by atoms with Gasteiger partial charge in [0.1, 0.15) is 0 Å². The Labute approximate surface area is 169 Å². The molecule has 5 rings (SSSR count). The maximum Gasteiger partial charge on any atom is 0.274 e. The number of ether oxygens (including phenoxy) is 1. The van der Waals surface area contributed by atoms with Crippen LogP contribution in [0.15, 0.2) is 23.0 Å². The van der Waals surface area contributed by atoms with Crippen LogP contribution < -0.4 is 11.3 Å². The number of fused-ring (bicyclic) bond motifs is 5. The van der Waals surface area contributed by atoms with Crippen molar-refractivity contribution in [1.82, 2.24) is 14.7 Å². The van der Waals surface area contributed by atoms with Crippen molar-refractivity contribution in [3.05, 3.63) is 39.8 Å². The SMILES string of the molecule is CCc1nn(C[C@@H](O)CN)c(=O)c2ccc(C(=O)N3CC4CCCC3CO4)cc12. The van der Waals surface area contributed by atoms with Gasteiger partial charge < -0.3 is 20.5 Å². The predicted octanol–water partition coefficient (Wildman–Crippen LogP) is 0.672. The molecular formula is C21H28N4O4. The van der Waals surface area contributed by atoms with Crippen LogP contribution in [0.4, 0.5) is 0 Å². The summed E-state index contributed by atoms with van der Waals surface area (Å²) in [5, 5.41) is 15.4. The molecule has 8 heteroatoms. The maximum absolute atomic E-state index is 13.2. The second kappa shape index (κ2) is 8.22. The van der Waals surface area contributed by atoms with Gasteiger partial charge in [0.25, 0.3) is 11.5 Å². The van der Waals surface area contributed by atoms with Gasteiger partial charge in [0.2, 0.25) is 0 Å². The molecule has 3 atom stereocenters. The smallest absolute Gasteiger partial charge is 0.274 e. The average molecular weight is 400 g/mol. The molecule has 1 aromatic carbocycles. The highest BCUT2D eigenvalue weighted by atomic mass is 16.5. The van der Waals surface area contributed by atoms with Crippen molar-refractivity contribution >= 4 is 16.7 Å². The molecule has 0 saturated carbocycles. The lowest BCUT2D eigenvalue weighted by Crippen LogP contribution is -2.50. The van der Waals surface area contributed by atoms with Gasteiger partial charge in [-0.25, -0.2) is 4.68 Å². The van der Waals surface area contributed by atoms with Crippen molar-refractivity contribution < 1.29 is 14.6 Å². The molecule has 29 heavy (non-hydrogen) atoms. The summed E-state index contributed by atoms with van der Waals surface area (Å²) in [7, 11) is 0. The van der Waals surface area contributed by atoms with Crippen LogP contribution in [0.2, 0.25) is 0 Å². The summed E-state index contributed by atoms with van der Waals surface area (Å²) in [6, 6.07) is 5.32. The second-order valence-electron chi connectivity index (χ2n) is 7.93. The topological polar surface area (TPSA) is 111 Å². The fourth-order valence-corrected chi connectivity index (χ4v) is 4.31. The Hall–Kier alpha value is -2.29. The number of aryl methyl sites for hydroxylation is 1. The molecule has 1 aromatic heterocycles. The zero-order valence-corrected chi connectivity index (χ0v) is 16.7. The van der Waals surface area contributed by atoms with E-state index in [0.717, 1.165) is 25.0 Å². The molecule has 3 aliphatic heterocycles. The van der Waals surface area contributed by atoms with Crippen LogP contribution in [0.3, 0.4) is 0 Å². The fourth-order valence-electron chi connectivity index (χ4n) is 4.31. The minimum Gasteiger partial charge on any atom is -0.390 e. The van der Waals surface area contributed by atoms with Crippen LogP contribution >= 0.6 is 0 Å². The Balaban J connectivity index is 1.71. The number of benzene rings is 1. The van der Waals surface area contributed by atoms with Gasteiger partial charge in [-0.15, -0.1) is 0 Å². The number of aliphatic hydroxyl groups excluding tert-OH is 1. The third-order valence-electron chi connectivity index (χ3n) is 5.96. The van der Waals surface area contributed by atoms with Crippen LogP contribution in [-0.2, 0) is 17.7 Å². The molecule has 2 unspecified atom stereocenters. The largest absolute Gasteiger partial charge is 0.390 e. The molecule has 0 aliphatic carbocycles. The van der Waals surface area contributed by atoms with E-state index in [1.165, 1.54) is 4.68 Å². The molecule has 3 fully saturated rings. The molecule has 0 spiro atoms. The number of rotatable bonds is 5. The van der Waals surface area contributed by atoms with Gasteiger partial charge in [0.05, 0.1) is 42.5 Å². The summed E-state index contributed by atoms with van der Waals surface area (Å²) in [4.78, 5) is 28.0.